The predicted molar refractivity (Wildman–Crippen MR) is 80.0 cm³/mol. The number of nitrogens with one attached hydrogen (secondary N) is 2. The lowest BCUT2D eigenvalue weighted by atomic mass is 10.1. The van der Waals surface area contributed by atoms with Crippen molar-refractivity contribution >= 4 is 18.1 Å². The van der Waals surface area contributed by atoms with E-state index in [2.05, 4.69) is 15.5 Å². The van der Waals surface area contributed by atoms with E-state index in [9.17, 15) is 9.59 Å². The number of nitrogens with zero attached hydrogens (tertiary/aromatic N) is 1. The van der Waals surface area contributed by atoms with Crippen LogP contribution in [0.25, 0.3) is 0 Å². The van der Waals surface area contributed by atoms with Crippen LogP contribution in [0.1, 0.15) is 44.8 Å². The molecule has 0 unspecified atom stereocenters. The lowest BCUT2D eigenvalue weighted by molar-refractivity contribution is 0.0525. The number of H-pyrrole nitrogens is 1. The van der Waals surface area contributed by atoms with Crippen LogP contribution in [0.5, 0.6) is 0 Å². The van der Waals surface area contributed by atoms with Gasteiger partial charge in [0.05, 0.1) is 30.3 Å². The number of hydrogen-bond donors (Lipinski definition) is 2. The topological polar surface area (TPSA) is 96.7 Å². The van der Waals surface area contributed by atoms with Gasteiger partial charge in [0.2, 0.25) is 0 Å². The van der Waals surface area contributed by atoms with Crippen molar-refractivity contribution in [3.8, 4) is 0 Å². The third-order valence-electron chi connectivity index (χ3n) is 3.06. The van der Waals surface area contributed by atoms with E-state index in [1.807, 2.05) is 0 Å². The molecule has 2 heterocycles. The first-order valence-electron chi connectivity index (χ1n) is 6.77. The van der Waals surface area contributed by atoms with Crippen LogP contribution in [0.4, 0.5) is 0 Å². The van der Waals surface area contributed by atoms with Gasteiger partial charge in [-0.3, -0.25) is 4.79 Å². The molecule has 0 saturated heterocycles. The van der Waals surface area contributed by atoms with Gasteiger partial charge in [0.15, 0.2) is 5.76 Å². The number of esters is 1. The molecular formula is C15H17N3O4. The number of carbonyl (C=O) groups is 2. The van der Waals surface area contributed by atoms with Crippen molar-refractivity contribution in [1.29, 1.82) is 0 Å². The smallest absolute Gasteiger partial charge is 0.340 e. The van der Waals surface area contributed by atoms with Crippen LogP contribution in [-0.4, -0.2) is 29.7 Å². The van der Waals surface area contributed by atoms with E-state index in [1.54, 1.807) is 26.8 Å². The summed E-state index contributed by atoms with van der Waals surface area (Å²) < 4.78 is 9.96. The molecule has 2 aromatic heterocycles. The van der Waals surface area contributed by atoms with Gasteiger partial charge in [-0.2, -0.15) is 5.10 Å². The molecule has 7 heteroatoms. The quantitative estimate of drug-likeness (QED) is 0.502. The molecule has 2 N–H and O–H groups in total. The molecule has 116 valence electrons. The minimum Gasteiger partial charge on any atom is -0.462 e. The first-order chi connectivity index (χ1) is 10.5. The number of aromatic amines is 1. The molecule has 0 saturated carbocycles. The Balaban J connectivity index is 2.10. The second-order valence-corrected chi connectivity index (χ2v) is 4.56. The standard InChI is InChI=1S/C15H17N3O4/c1-4-21-15(20)13-9(2)11(17-10(13)3)8-16-18-14(19)12-6-5-7-22-12/h5-8,17H,4H2,1-3H3,(H,18,19)/b16-8+. The molecule has 0 bridgehead atoms. The van der Waals surface area contributed by atoms with Crippen molar-refractivity contribution in [2.75, 3.05) is 6.61 Å². The number of aromatic nitrogens is 1. The summed E-state index contributed by atoms with van der Waals surface area (Å²) in [6.45, 7) is 5.62. The number of hydrazone groups is 1. The second kappa shape index (κ2) is 6.75. The maximum Gasteiger partial charge on any atom is 0.340 e. The van der Waals surface area contributed by atoms with Crippen molar-refractivity contribution < 1.29 is 18.7 Å². The summed E-state index contributed by atoms with van der Waals surface area (Å²) in [6.07, 6.45) is 2.84. The summed E-state index contributed by atoms with van der Waals surface area (Å²) >= 11 is 0. The third-order valence-corrected chi connectivity index (χ3v) is 3.06. The first kappa shape index (κ1) is 15.6. The molecular weight excluding hydrogens is 286 g/mol. The molecule has 2 aromatic rings. The highest BCUT2D eigenvalue weighted by Gasteiger charge is 2.18. The van der Waals surface area contributed by atoms with Gasteiger partial charge in [-0.15, -0.1) is 0 Å². The van der Waals surface area contributed by atoms with Crippen LogP contribution in [0.2, 0.25) is 0 Å². The molecule has 22 heavy (non-hydrogen) atoms. The maximum absolute atomic E-state index is 11.9. The normalized spacial score (nSPS) is 10.9. The zero-order valence-corrected chi connectivity index (χ0v) is 12.6. The molecule has 0 atom stereocenters. The SMILES string of the molecule is CCOC(=O)c1c(C)[nH]c(/C=N/NC(=O)c2ccco2)c1C. The largest absolute Gasteiger partial charge is 0.462 e. The van der Waals surface area contributed by atoms with Crippen LogP contribution in [0.15, 0.2) is 27.9 Å². The van der Waals surface area contributed by atoms with Gasteiger partial charge in [-0.1, -0.05) is 0 Å². The number of amides is 1. The summed E-state index contributed by atoms with van der Waals surface area (Å²) in [5.41, 5.74) is 4.86. The van der Waals surface area contributed by atoms with Crippen molar-refractivity contribution in [2.45, 2.75) is 20.8 Å². The van der Waals surface area contributed by atoms with E-state index in [-0.39, 0.29) is 11.7 Å². The van der Waals surface area contributed by atoms with Gasteiger partial charge in [0.1, 0.15) is 0 Å². The summed E-state index contributed by atoms with van der Waals surface area (Å²) in [6, 6.07) is 3.15. The summed E-state index contributed by atoms with van der Waals surface area (Å²) in [4.78, 5) is 26.5. The molecule has 0 aliphatic carbocycles. The predicted octanol–water partition coefficient (Wildman–Crippen LogP) is 2.17. The average Bonchev–Trinajstić information content (AvgIpc) is 3.08. The van der Waals surface area contributed by atoms with E-state index in [4.69, 9.17) is 9.15 Å². The molecule has 0 spiro atoms. The Kier molecular flexibility index (Phi) is 4.77. The minimum absolute atomic E-state index is 0.170. The maximum atomic E-state index is 11.9. The number of carbonyl (C=O) groups excluding carboxylic acids is 2. The van der Waals surface area contributed by atoms with Gasteiger partial charge >= 0.3 is 11.9 Å². The first-order valence-corrected chi connectivity index (χ1v) is 6.77. The number of hydrogen-bond acceptors (Lipinski definition) is 5. The lowest BCUT2D eigenvalue weighted by Crippen LogP contribution is -2.16. The number of rotatable bonds is 5. The fraction of sp³-hybridized carbons (Fsp3) is 0.267. The fourth-order valence-corrected chi connectivity index (χ4v) is 2.03. The third kappa shape index (κ3) is 3.25. The Labute approximate surface area is 127 Å². The molecule has 1 amide bonds. The molecule has 0 fully saturated rings. The van der Waals surface area contributed by atoms with Crippen molar-refractivity contribution in [3.05, 3.63) is 46.7 Å². The fourth-order valence-electron chi connectivity index (χ4n) is 2.03. The molecule has 7 nitrogen and oxygen atoms in total. The van der Waals surface area contributed by atoms with Crippen LogP contribution in [0, 0.1) is 13.8 Å². The van der Waals surface area contributed by atoms with E-state index in [0.717, 1.165) is 0 Å². The van der Waals surface area contributed by atoms with Crippen LogP contribution >= 0.6 is 0 Å². The van der Waals surface area contributed by atoms with Crippen molar-refractivity contribution in [3.63, 3.8) is 0 Å². The van der Waals surface area contributed by atoms with E-state index in [1.165, 1.54) is 18.5 Å². The highest BCUT2D eigenvalue weighted by Crippen LogP contribution is 2.17. The summed E-state index contributed by atoms with van der Waals surface area (Å²) in [5.74, 6) is -0.662. The minimum atomic E-state index is -0.451. The Morgan fingerprint density at radius 1 is 1.45 bits per heavy atom. The average molecular weight is 303 g/mol. The zero-order chi connectivity index (χ0) is 16.1. The van der Waals surface area contributed by atoms with Gasteiger partial charge < -0.3 is 14.1 Å². The van der Waals surface area contributed by atoms with Crippen molar-refractivity contribution in [1.82, 2.24) is 10.4 Å². The zero-order valence-electron chi connectivity index (χ0n) is 12.6. The molecule has 0 aromatic carbocycles. The summed E-state index contributed by atoms with van der Waals surface area (Å²) in [7, 11) is 0. The van der Waals surface area contributed by atoms with Crippen molar-refractivity contribution in [2.24, 2.45) is 5.10 Å². The number of aryl methyl sites for hydroxylation is 1. The molecule has 2 rings (SSSR count). The van der Waals surface area contributed by atoms with E-state index in [0.29, 0.717) is 29.1 Å². The Bertz CT molecular complexity index is 699. The van der Waals surface area contributed by atoms with E-state index < -0.39 is 5.91 Å². The number of furan rings is 1. The highest BCUT2D eigenvalue weighted by atomic mass is 16.5. The Morgan fingerprint density at radius 2 is 2.23 bits per heavy atom. The van der Waals surface area contributed by atoms with E-state index >= 15 is 0 Å². The van der Waals surface area contributed by atoms with Crippen LogP contribution in [0.3, 0.4) is 0 Å². The monoisotopic (exact) mass is 303 g/mol. The number of ether oxygens (including phenoxy) is 1. The van der Waals surface area contributed by atoms with Crippen LogP contribution in [-0.2, 0) is 4.74 Å². The van der Waals surface area contributed by atoms with Gasteiger partial charge in [0.25, 0.3) is 0 Å². The lowest BCUT2D eigenvalue weighted by Gasteiger charge is -2.01. The molecule has 0 radical (unpaired) electrons. The van der Waals surface area contributed by atoms with Gasteiger partial charge in [-0.05, 0) is 38.5 Å². The highest BCUT2D eigenvalue weighted by molar-refractivity contribution is 5.96. The van der Waals surface area contributed by atoms with Gasteiger partial charge in [-0.25, -0.2) is 10.2 Å². The second-order valence-electron chi connectivity index (χ2n) is 4.56. The Morgan fingerprint density at radius 3 is 2.86 bits per heavy atom. The van der Waals surface area contributed by atoms with Gasteiger partial charge in [0, 0.05) is 5.69 Å². The molecule has 0 aliphatic rings. The molecule has 0 aliphatic heterocycles. The summed E-state index contributed by atoms with van der Waals surface area (Å²) in [5, 5.41) is 3.85. The van der Waals surface area contributed by atoms with Crippen LogP contribution < -0.4 is 5.43 Å². The Hall–Kier alpha value is -2.83.